The zero-order valence-electron chi connectivity index (χ0n) is 16.0. The molecule has 0 unspecified atom stereocenters. The van der Waals surface area contributed by atoms with Crippen molar-refractivity contribution in [2.45, 2.75) is 33.2 Å². The van der Waals surface area contributed by atoms with Crippen molar-refractivity contribution in [3.63, 3.8) is 0 Å². The fourth-order valence-electron chi connectivity index (χ4n) is 3.41. The molecular weight excluding hydrogens is 342 g/mol. The van der Waals surface area contributed by atoms with Gasteiger partial charge < -0.3 is 14.8 Å². The summed E-state index contributed by atoms with van der Waals surface area (Å²) in [6.45, 7) is 9.38. The minimum absolute atomic E-state index is 0.512. The Kier molecular flexibility index (Phi) is 4.22. The van der Waals surface area contributed by atoms with Crippen molar-refractivity contribution in [2.24, 2.45) is 0 Å². The molecule has 2 heterocycles. The quantitative estimate of drug-likeness (QED) is 0.764. The minimum Gasteiger partial charge on any atom is -0.486 e. The lowest BCUT2D eigenvalue weighted by Gasteiger charge is -2.28. The smallest absolute Gasteiger partial charge is 0.181 e. The van der Waals surface area contributed by atoms with Crippen LogP contribution in [-0.2, 0) is 5.54 Å². The van der Waals surface area contributed by atoms with E-state index < -0.39 is 5.54 Å². The Labute approximate surface area is 158 Å². The van der Waals surface area contributed by atoms with Crippen LogP contribution >= 0.6 is 0 Å². The number of hydrogen-bond acceptors (Lipinski definition) is 6. The number of aryl methyl sites for hydroxylation is 2. The number of nitrogens with one attached hydrogen (secondary N) is 1. The highest BCUT2D eigenvalue weighted by atomic mass is 16.6. The van der Waals surface area contributed by atoms with E-state index in [0.717, 1.165) is 39.8 Å². The number of tetrazole rings is 1. The first-order chi connectivity index (χ1) is 13.0. The Morgan fingerprint density at radius 3 is 2.44 bits per heavy atom. The van der Waals surface area contributed by atoms with Gasteiger partial charge in [-0.25, -0.2) is 0 Å². The topological polar surface area (TPSA) is 74.1 Å². The molecule has 0 radical (unpaired) electrons. The summed E-state index contributed by atoms with van der Waals surface area (Å²) in [6.07, 6.45) is 0. The molecule has 27 heavy (non-hydrogen) atoms. The van der Waals surface area contributed by atoms with Crippen LogP contribution < -0.4 is 14.8 Å². The summed E-state index contributed by atoms with van der Waals surface area (Å²) in [7, 11) is 0. The van der Waals surface area contributed by atoms with Crippen molar-refractivity contribution in [3.8, 4) is 17.2 Å². The molecule has 2 aromatic carbocycles. The van der Waals surface area contributed by atoms with E-state index in [1.54, 1.807) is 0 Å². The Balaban J connectivity index is 1.69. The van der Waals surface area contributed by atoms with Gasteiger partial charge in [-0.05, 0) is 61.4 Å². The van der Waals surface area contributed by atoms with Crippen LogP contribution in [0.1, 0.15) is 30.8 Å². The third-order valence-corrected chi connectivity index (χ3v) is 4.68. The van der Waals surface area contributed by atoms with Crippen LogP contribution in [0.25, 0.3) is 5.69 Å². The van der Waals surface area contributed by atoms with E-state index in [0.29, 0.717) is 13.2 Å². The molecule has 0 bridgehead atoms. The van der Waals surface area contributed by atoms with Gasteiger partial charge >= 0.3 is 0 Å². The fourth-order valence-corrected chi connectivity index (χ4v) is 3.41. The molecule has 0 saturated carbocycles. The van der Waals surface area contributed by atoms with Gasteiger partial charge in [-0.1, -0.05) is 18.2 Å². The maximum Gasteiger partial charge on any atom is 0.181 e. The molecule has 0 saturated heterocycles. The first-order valence-corrected chi connectivity index (χ1v) is 8.99. The van der Waals surface area contributed by atoms with E-state index in [1.165, 1.54) is 0 Å². The number of nitrogens with zero attached hydrogens (tertiary/aromatic N) is 4. The summed E-state index contributed by atoms with van der Waals surface area (Å²) in [6, 6.07) is 12.0. The molecule has 4 rings (SSSR count). The van der Waals surface area contributed by atoms with Crippen molar-refractivity contribution in [3.05, 3.63) is 53.3 Å². The van der Waals surface area contributed by atoms with Gasteiger partial charge in [-0.15, -0.1) is 5.10 Å². The van der Waals surface area contributed by atoms with Crippen LogP contribution in [0, 0.1) is 13.8 Å². The number of anilines is 1. The SMILES string of the molecule is Cc1cccc(C)c1-n1nnnc1C(C)(C)Nc1ccc2c(c1)OCCO2. The van der Waals surface area contributed by atoms with E-state index in [1.807, 2.05) is 28.9 Å². The van der Waals surface area contributed by atoms with E-state index in [2.05, 4.69) is 60.7 Å². The van der Waals surface area contributed by atoms with Gasteiger partial charge in [0.15, 0.2) is 17.3 Å². The van der Waals surface area contributed by atoms with Crippen LogP contribution in [0.15, 0.2) is 36.4 Å². The molecule has 1 aromatic heterocycles. The van der Waals surface area contributed by atoms with Crippen LogP contribution in [0.2, 0.25) is 0 Å². The molecule has 7 heteroatoms. The number of aromatic nitrogens is 4. The predicted octanol–water partition coefficient (Wildman–Crippen LogP) is 3.40. The molecular formula is C20H23N5O2. The van der Waals surface area contributed by atoms with Gasteiger partial charge in [0, 0.05) is 11.8 Å². The lowest BCUT2D eigenvalue weighted by Crippen LogP contribution is -2.32. The Morgan fingerprint density at radius 1 is 1.00 bits per heavy atom. The van der Waals surface area contributed by atoms with E-state index in [-0.39, 0.29) is 0 Å². The maximum absolute atomic E-state index is 5.68. The minimum atomic E-state index is -0.512. The standard InChI is InChI=1S/C20H23N5O2/c1-13-6-5-7-14(2)18(13)25-19(22-23-24-25)20(3,4)21-15-8-9-16-17(12-15)27-11-10-26-16/h5-9,12,21H,10-11H2,1-4H3. The first kappa shape index (κ1) is 17.3. The summed E-state index contributed by atoms with van der Waals surface area (Å²) in [5.41, 5.74) is 3.66. The number of fused-ring (bicyclic) bond motifs is 1. The molecule has 0 fully saturated rings. The van der Waals surface area contributed by atoms with Gasteiger partial charge in [0.05, 0.1) is 11.2 Å². The number of ether oxygens (including phenoxy) is 2. The van der Waals surface area contributed by atoms with Gasteiger partial charge in [-0.2, -0.15) is 4.68 Å². The summed E-state index contributed by atoms with van der Waals surface area (Å²) in [5.74, 6) is 2.25. The van der Waals surface area contributed by atoms with Crippen LogP contribution in [0.5, 0.6) is 11.5 Å². The van der Waals surface area contributed by atoms with Crippen molar-refractivity contribution >= 4 is 5.69 Å². The second-order valence-electron chi connectivity index (χ2n) is 7.26. The largest absolute Gasteiger partial charge is 0.486 e. The van der Waals surface area contributed by atoms with Crippen molar-refractivity contribution < 1.29 is 9.47 Å². The van der Waals surface area contributed by atoms with Crippen molar-refractivity contribution in [2.75, 3.05) is 18.5 Å². The Bertz CT molecular complexity index is 960. The summed E-state index contributed by atoms with van der Waals surface area (Å²) < 4.78 is 13.1. The van der Waals surface area contributed by atoms with Crippen LogP contribution in [0.3, 0.4) is 0 Å². The zero-order valence-corrected chi connectivity index (χ0v) is 16.0. The molecule has 7 nitrogen and oxygen atoms in total. The third-order valence-electron chi connectivity index (χ3n) is 4.68. The summed E-state index contributed by atoms with van der Waals surface area (Å²) in [4.78, 5) is 0. The normalized spacial score (nSPS) is 13.5. The van der Waals surface area contributed by atoms with Crippen molar-refractivity contribution in [1.29, 1.82) is 0 Å². The fraction of sp³-hybridized carbons (Fsp3) is 0.350. The number of rotatable bonds is 4. The van der Waals surface area contributed by atoms with Crippen LogP contribution in [0.4, 0.5) is 5.69 Å². The summed E-state index contributed by atoms with van der Waals surface area (Å²) in [5, 5.41) is 16.0. The second kappa shape index (κ2) is 6.57. The molecule has 1 aliphatic rings. The van der Waals surface area contributed by atoms with Gasteiger partial charge in [0.25, 0.3) is 0 Å². The van der Waals surface area contributed by atoms with Gasteiger partial charge in [0.1, 0.15) is 13.2 Å². The highest BCUT2D eigenvalue weighted by Gasteiger charge is 2.29. The van der Waals surface area contributed by atoms with Gasteiger partial charge in [-0.3, -0.25) is 0 Å². The van der Waals surface area contributed by atoms with E-state index >= 15 is 0 Å². The molecule has 0 aliphatic carbocycles. The number of benzene rings is 2. The molecule has 3 aromatic rings. The molecule has 1 N–H and O–H groups in total. The number of para-hydroxylation sites is 1. The Morgan fingerprint density at radius 2 is 1.70 bits per heavy atom. The molecule has 0 spiro atoms. The number of hydrogen-bond donors (Lipinski definition) is 1. The van der Waals surface area contributed by atoms with E-state index in [4.69, 9.17) is 9.47 Å². The lowest BCUT2D eigenvalue weighted by atomic mass is 10.0. The third kappa shape index (κ3) is 3.20. The van der Waals surface area contributed by atoms with Crippen molar-refractivity contribution in [1.82, 2.24) is 20.2 Å². The first-order valence-electron chi connectivity index (χ1n) is 8.99. The van der Waals surface area contributed by atoms with Crippen LogP contribution in [-0.4, -0.2) is 33.4 Å². The molecule has 0 atom stereocenters. The summed E-state index contributed by atoms with van der Waals surface area (Å²) >= 11 is 0. The molecule has 140 valence electrons. The highest BCUT2D eigenvalue weighted by Crippen LogP contribution is 2.35. The Hall–Kier alpha value is -3.09. The monoisotopic (exact) mass is 365 g/mol. The zero-order chi connectivity index (χ0) is 19.0. The van der Waals surface area contributed by atoms with Gasteiger partial charge in [0.2, 0.25) is 0 Å². The molecule has 0 amide bonds. The second-order valence-corrected chi connectivity index (χ2v) is 7.26. The molecule has 1 aliphatic heterocycles. The average Bonchev–Trinajstić information content (AvgIpc) is 3.11. The van der Waals surface area contributed by atoms with E-state index in [9.17, 15) is 0 Å². The average molecular weight is 365 g/mol. The highest BCUT2D eigenvalue weighted by molar-refractivity contribution is 5.57. The predicted molar refractivity (Wildman–Crippen MR) is 103 cm³/mol. The maximum atomic E-state index is 5.68. The lowest BCUT2D eigenvalue weighted by molar-refractivity contribution is 0.171.